The highest BCUT2D eigenvalue weighted by atomic mass is 127. The van der Waals surface area contributed by atoms with Gasteiger partial charge in [0.1, 0.15) is 3.57 Å². The van der Waals surface area contributed by atoms with Crippen molar-refractivity contribution in [3.63, 3.8) is 0 Å². The van der Waals surface area contributed by atoms with Gasteiger partial charge >= 0.3 is 0 Å². The molecule has 1 rings (SSSR count). The maximum atomic E-state index is 11.1. The standard InChI is InChI=1S/C7H5BrIN3O/c8-1-4(2-10)6-5(9)7(13)12-3-11-6/h3-4H,1H2,(H,11,12,13). The van der Waals surface area contributed by atoms with Gasteiger partial charge in [-0.3, -0.25) is 4.79 Å². The van der Waals surface area contributed by atoms with Gasteiger partial charge in [0.15, 0.2) is 0 Å². The maximum Gasteiger partial charge on any atom is 0.264 e. The van der Waals surface area contributed by atoms with E-state index < -0.39 is 0 Å². The molecule has 1 atom stereocenters. The van der Waals surface area contributed by atoms with Gasteiger partial charge in [-0.05, 0) is 22.6 Å². The largest absolute Gasteiger partial charge is 0.312 e. The Balaban J connectivity index is 3.23. The first-order valence-corrected chi connectivity index (χ1v) is 5.59. The van der Waals surface area contributed by atoms with Gasteiger partial charge < -0.3 is 4.98 Å². The van der Waals surface area contributed by atoms with Crippen LogP contribution in [0.15, 0.2) is 11.1 Å². The number of H-pyrrole nitrogens is 1. The number of alkyl halides is 1. The van der Waals surface area contributed by atoms with Crippen molar-refractivity contribution in [3.05, 3.63) is 25.9 Å². The smallest absolute Gasteiger partial charge is 0.264 e. The number of aromatic amines is 1. The first-order chi connectivity index (χ1) is 6.20. The second-order valence-corrected chi connectivity index (χ2v) is 3.99. The molecule has 0 spiro atoms. The average molecular weight is 354 g/mol. The highest BCUT2D eigenvalue weighted by molar-refractivity contribution is 14.1. The summed E-state index contributed by atoms with van der Waals surface area (Å²) in [5.74, 6) is -0.366. The van der Waals surface area contributed by atoms with Crippen molar-refractivity contribution in [2.24, 2.45) is 0 Å². The average Bonchev–Trinajstić information content (AvgIpc) is 2.14. The van der Waals surface area contributed by atoms with Crippen molar-refractivity contribution < 1.29 is 0 Å². The van der Waals surface area contributed by atoms with E-state index in [1.807, 2.05) is 22.6 Å². The van der Waals surface area contributed by atoms with Crippen LogP contribution in [0.1, 0.15) is 11.6 Å². The topological polar surface area (TPSA) is 69.5 Å². The monoisotopic (exact) mass is 353 g/mol. The van der Waals surface area contributed by atoms with E-state index in [1.54, 1.807) is 0 Å². The van der Waals surface area contributed by atoms with Gasteiger partial charge in [-0.2, -0.15) is 5.26 Å². The zero-order chi connectivity index (χ0) is 9.84. The van der Waals surface area contributed by atoms with Gasteiger partial charge in [0.2, 0.25) is 0 Å². The van der Waals surface area contributed by atoms with Crippen LogP contribution in [-0.2, 0) is 0 Å². The Morgan fingerprint density at radius 1 is 1.85 bits per heavy atom. The lowest BCUT2D eigenvalue weighted by molar-refractivity contribution is 0.894. The van der Waals surface area contributed by atoms with Crippen molar-refractivity contribution in [3.8, 4) is 6.07 Å². The van der Waals surface area contributed by atoms with Crippen molar-refractivity contribution >= 4 is 38.5 Å². The van der Waals surface area contributed by atoms with E-state index in [0.717, 1.165) is 0 Å². The molecule has 0 amide bonds. The predicted octanol–water partition coefficient (Wildman–Crippen LogP) is 1.38. The molecule has 0 radical (unpaired) electrons. The molecular weight excluding hydrogens is 349 g/mol. The molecule has 0 saturated heterocycles. The minimum absolute atomic E-state index is 0.202. The van der Waals surface area contributed by atoms with Gasteiger partial charge in [0, 0.05) is 5.33 Å². The van der Waals surface area contributed by atoms with Crippen molar-refractivity contribution in [2.75, 3.05) is 5.33 Å². The quantitative estimate of drug-likeness (QED) is 0.645. The summed E-state index contributed by atoms with van der Waals surface area (Å²) < 4.78 is 0.478. The molecule has 1 aromatic heterocycles. The maximum absolute atomic E-state index is 11.1. The van der Waals surface area contributed by atoms with Crippen LogP contribution in [-0.4, -0.2) is 15.3 Å². The summed E-state index contributed by atoms with van der Waals surface area (Å²) in [5.41, 5.74) is 0.329. The molecule has 68 valence electrons. The second-order valence-electron chi connectivity index (χ2n) is 2.27. The lowest BCUT2D eigenvalue weighted by Gasteiger charge is -2.04. The molecule has 6 heteroatoms. The Morgan fingerprint density at radius 3 is 3.08 bits per heavy atom. The van der Waals surface area contributed by atoms with Gasteiger partial charge in [-0.25, -0.2) is 4.98 Å². The predicted molar refractivity (Wildman–Crippen MR) is 59.7 cm³/mol. The Bertz CT molecular complexity index is 397. The summed E-state index contributed by atoms with van der Waals surface area (Å²) in [6.45, 7) is 0. The molecule has 0 saturated carbocycles. The molecule has 0 aromatic carbocycles. The number of rotatable bonds is 2. The Hall–Kier alpha value is -0.420. The van der Waals surface area contributed by atoms with Crippen molar-refractivity contribution in [1.82, 2.24) is 9.97 Å². The summed E-state index contributed by atoms with van der Waals surface area (Å²) in [4.78, 5) is 17.6. The summed E-state index contributed by atoms with van der Waals surface area (Å²) in [6.07, 6.45) is 1.31. The van der Waals surface area contributed by atoms with Crippen LogP contribution in [0.4, 0.5) is 0 Å². The van der Waals surface area contributed by atoms with Gasteiger partial charge in [-0.1, -0.05) is 15.9 Å². The minimum Gasteiger partial charge on any atom is -0.312 e. The second kappa shape index (κ2) is 4.72. The van der Waals surface area contributed by atoms with Crippen molar-refractivity contribution in [1.29, 1.82) is 5.26 Å². The normalized spacial score (nSPS) is 12.1. The Kier molecular flexibility index (Phi) is 3.87. The van der Waals surface area contributed by atoms with E-state index in [2.05, 4.69) is 32.0 Å². The summed E-state index contributed by atoms with van der Waals surface area (Å²) in [5, 5.41) is 9.24. The van der Waals surface area contributed by atoms with Crippen molar-refractivity contribution in [2.45, 2.75) is 5.92 Å². The van der Waals surface area contributed by atoms with Crippen LogP contribution >= 0.6 is 38.5 Å². The summed E-state index contributed by atoms with van der Waals surface area (Å²) in [7, 11) is 0. The van der Waals surface area contributed by atoms with E-state index in [1.165, 1.54) is 6.33 Å². The van der Waals surface area contributed by atoms with E-state index in [9.17, 15) is 4.79 Å². The van der Waals surface area contributed by atoms with Gasteiger partial charge in [0.25, 0.3) is 5.56 Å². The SMILES string of the molecule is N#CC(CBr)c1nc[nH]c(=O)c1I. The number of hydrogen-bond acceptors (Lipinski definition) is 3. The highest BCUT2D eigenvalue weighted by Crippen LogP contribution is 2.17. The molecule has 4 nitrogen and oxygen atoms in total. The molecule has 1 aromatic rings. The molecule has 1 unspecified atom stereocenters. The molecule has 1 heterocycles. The van der Waals surface area contributed by atoms with Crippen LogP contribution in [0, 0.1) is 14.9 Å². The number of aromatic nitrogens is 2. The molecule has 0 bridgehead atoms. The Labute approximate surface area is 96.6 Å². The molecule has 0 aliphatic heterocycles. The zero-order valence-corrected chi connectivity index (χ0v) is 10.2. The number of nitrogens with zero attached hydrogens (tertiary/aromatic N) is 2. The molecule has 13 heavy (non-hydrogen) atoms. The molecular formula is C7H5BrIN3O. The van der Waals surface area contributed by atoms with Gasteiger partial charge in [0.05, 0.1) is 24.0 Å². The summed E-state index contributed by atoms with van der Waals surface area (Å²) in [6, 6.07) is 2.07. The number of nitrogens with one attached hydrogen (secondary N) is 1. The van der Waals surface area contributed by atoms with E-state index in [-0.39, 0.29) is 11.5 Å². The van der Waals surface area contributed by atoms with Crippen LogP contribution in [0.2, 0.25) is 0 Å². The molecule has 0 aliphatic rings. The van der Waals surface area contributed by atoms with E-state index >= 15 is 0 Å². The minimum atomic E-state index is -0.366. The third-order valence-electron chi connectivity index (χ3n) is 1.46. The van der Waals surface area contributed by atoms with E-state index in [4.69, 9.17) is 5.26 Å². The lowest BCUT2D eigenvalue weighted by Crippen LogP contribution is -2.16. The van der Waals surface area contributed by atoms with Gasteiger partial charge in [-0.15, -0.1) is 0 Å². The third-order valence-corrected chi connectivity index (χ3v) is 3.15. The zero-order valence-electron chi connectivity index (χ0n) is 6.42. The highest BCUT2D eigenvalue weighted by Gasteiger charge is 2.15. The number of hydrogen-bond donors (Lipinski definition) is 1. The number of nitriles is 1. The fourth-order valence-electron chi connectivity index (χ4n) is 0.808. The van der Waals surface area contributed by atoms with E-state index in [0.29, 0.717) is 14.6 Å². The molecule has 0 fully saturated rings. The Morgan fingerprint density at radius 2 is 2.54 bits per heavy atom. The first kappa shape index (κ1) is 10.7. The van der Waals surface area contributed by atoms with Crippen LogP contribution < -0.4 is 5.56 Å². The number of halogens is 2. The van der Waals surface area contributed by atoms with Crippen LogP contribution in [0.5, 0.6) is 0 Å². The summed E-state index contributed by atoms with van der Waals surface area (Å²) >= 11 is 5.08. The molecule has 0 aliphatic carbocycles. The third kappa shape index (κ3) is 2.28. The fourth-order valence-corrected chi connectivity index (χ4v) is 1.93. The lowest BCUT2D eigenvalue weighted by atomic mass is 10.1. The fraction of sp³-hybridized carbons (Fsp3) is 0.286. The van der Waals surface area contributed by atoms with Crippen LogP contribution in [0.25, 0.3) is 0 Å². The van der Waals surface area contributed by atoms with Crippen LogP contribution in [0.3, 0.4) is 0 Å². The molecule has 1 N–H and O–H groups in total. The first-order valence-electron chi connectivity index (χ1n) is 3.39.